The SMILES string of the molecule is Cc1oc(C(C)C)cc1C(=O)N[C@@H]1COCC[C@H]1Oc1ccccn1. The zero-order valence-electron chi connectivity index (χ0n) is 14.8. The van der Waals surface area contributed by atoms with E-state index in [-0.39, 0.29) is 24.0 Å². The van der Waals surface area contributed by atoms with Crippen LogP contribution in [0.25, 0.3) is 0 Å². The quantitative estimate of drug-likeness (QED) is 0.902. The Kier molecular flexibility index (Phi) is 5.38. The van der Waals surface area contributed by atoms with Gasteiger partial charge in [-0.05, 0) is 19.1 Å². The van der Waals surface area contributed by atoms with E-state index in [2.05, 4.69) is 10.3 Å². The van der Waals surface area contributed by atoms with Gasteiger partial charge in [0.2, 0.25) is 5.88 Å². The summed E-state index contributed by atoms with van der Waals surface area (Å²) in [6, 6.07) is 7.10. The van der Waals surface area contributed by atoms with E-state index >= 15 is 0 Å². The monoisotopic (exact) mass is 344 g/mol. The summed E-state index contributed by atoms with van der Waals surface area (Å²) < 4.78 is 17.1. The van der Waals surface area contributed by atoms with Gasteiger partial charge in [-0.25, -0.2) is 4.98 Å². The van der Waals surface area contributed by atoms with Crippen LogP contribution in [-0.4, -0.2) is 36.3 Å². The number of hydrogen-bond acceptors (Lipinski definition) is 5. The molecule has 0 radical (unpaired) electrons. The van der Waals surface area contributed by atoms with Crippen molar-refractivity contribution in [3.63, 3.8) is 0 Å². The molecule has 2 atom stereocenters. The van der Waals surface area contributed by atoms with Gasteiger partial charge >= 0.3 is 0 Å². The smallest absolute Gasteiger partial charge is 0.255 e. The van der Waals surface area contributed by atoms with Crippen LogP contribution in [0.5, 0.6) is 5.88 Å². The molecule has 134 valence electrons. The number of carbonyl (C=O) groups is 1. The average molecular weight is 344 g/mol. The number of pyridine rings is 1. The maximum atomic E-state index is 12.7. The van der Waals surface area contributed by atoms with Crippen molar-refractivity contribution in [1.29, 1.82) is 0 Å². The van der Waals surface area contributed by atoms with Crippen LogP contribution in [0.4, 0.5) is 0 Å². The van der Waals surface area contributed by atoms with Gasteiger partial charge < -0.3 is 19.2 Å². The number of hydrogen-bond donors (Lipinski definition) is 1. The lowest BCUT2D eigenvalue weighted by Gasteiger charge is -2.32. The summed E-state index contributed by atoms with van der Waals surface area (Å²) in [4.78, 5) is 16.9. The van der Waals surface area contributed by atoms with Gasteiger partial charge in [-0.1, -0.05) is 19.9 Å². The van der Waals surface area contributed by atoms with Crippen LogP contribution in [0, 0.1) is 6.92 Å². The molecule has 0 bridgehead atoms. The first-order chi connectivity index (χ1) is 12.0. The molecule has 0 spiro atoms. The van der Waals surface area contributed by atoms with Crippen molar-refractivity contribution in [2.45, 2.75) is 45.3 Å². The van der Waals surface area contributed by atoms with Crippen molar-refractivity contribution >= 4 is 5.91 Å². The van der Waals surface area contributed by atoms with Crippen LogP contribution < -0.4 is 10.1 Å². The molecule has 1 saturated heterocycles. The Morgan fingerprint density at radius 3 is 2.92 bits per heavy atom. The number of nitrogens with zero attached hydrogens (tertiary/aromatic N) is 1. The maximum absolute atomic E-state index is 12.7. The first kappa shape index (κ1) is 17.5. The standard InChI is InChI=1S/C19H24N2O4/c1-12(2)17-10-14(13(3)24-17)19(22)21-15-11-23-9-7-16(15)25-18-6-4-5-8-20-18/h4-6,8,10,12,15-16H,7,9,11H2,1-3H3,(H,21,22)/t15-,16-/m1/s1. The second-order valence-corrected chi connectivity index (χ2v) is 6.54. The van der Waals surface area contributed by atoms with Crippen LogP contribution in [0.2, 0.25) is 0 Å². The Hall–Kier alpha value is -2.34. The highest BCUT2D eigenvalue weighted by molar-refractivity contribution is 5.95. The van der Waals surface area contributed by atoms with E-state index in [1.807, 2.05) is 38.1 Å². The maximum Gasteiger partial charge on any atom is 0.255 e. The lowest BCUT2D eigenvalue weighted by atomic mass is 10.1. The minimum Gasteiger partial charge on any atom is -0.472 e. The molecular formula is C19H24N2O4. The van der Waals surface area contributed by atoms with Crippen LogP contribution in [0.3, 0.4) is 0 Å². The summed E-state index contributed by atoms with van der Waals surface area (Å²) in [6.45, 7) is 6.89. The fourth-order valence-corrected chi connectivity index (χ4v) is 2.83. The van der Waals surface area contributed by atoms with E-state index in [0.717, 1.165) is 5.76 Å². The van der Waals surface area contributed by atoms with Crippen molar-refractivity contribution < 1.29 is 18.7 Å². The number of ether oxygens (including phenoxy) is 2. The highest BCUT2D eigenvalue weighted by Gasteiger charge is 2.30. The molecule has 1 fully saturated rings. The Morgan fingerprint density at radius 2 is 2.24 bits per heavy atom. The molecule has 0 aliphatic carbocycles. The normalized spacial score (nSPS) is 20.5. The van der Waals surface area contributed by atoms with Gasteiger partial charge in [0.15, 0.2) is 0 Å². The molecular weight excluding hydrogens is 320 g/mol. The molecule has 6 nitrogen and oxygen atoms in total. The van der Waals surface area contributed by atoms with E-state index in [1.165, 1.54) is 0 Å². The fraction of sp³-hybridized carbons (Fsp3) is 0.474. The highest BCUT2D eigenvalue weighted by Crippen LogP contribution is 2.22. The number of aryl methyl sites for hydroxylation is 1. The Morgan fingerprint density at radius 1 is 1.40 bits per heavy atom. The molecule has 2 aromatic heterocycles. The number of nitrogens with one attached hydrogen (secondary N) is 1. The third kappa shape index (κ3) is 4.20. The zero-order chi connectivity index (χ0) is 17.8. The van der Waals surface area contributed by atoms with Gasteiger partial charge in [-0.2, -0.15) is 0 Å². The Balaban J connectivity index is 1.70. The predicted octanol–water partition coefficient (Wildman–Crippen LogP) is 3.07. The molecule has 25 heavy (non-hydrogen) atoms. The Labute approximate surface area is 147 Å². The molecule has 0 aromatic carbocycles. The first-order valence-corrected chi connectivity index (χ1v) is 8.61. The predicted molar refractivity (Wildman–Crippen MR) is 92.9 cm³/mol. The lowest BCUT2D eigenvalue weighted by Crippen LogP contribution is -2.51. The molecule has 3 rings (SSSR count). The third-order valence-corrected chi connectivity index (χ3v) is 4.27. The van der Waals surface area contributed by atoms with Crippen LogP contribution in [0.15, 0.2) is 34.9 Å². The number of rotatable bonds is 5. The molecule has 2 aromatic rings. The molecule has 3 heterocycles. The second-order valence-electron chi connectivity index (χ2n) is 6.54. The second kappa shape index (κ2) is 7.70. The van der Waals surface area contributed by atoms with Gasteiger partial charge in [-0.15, -0.1) is 0 Å². The van der Waals surface area contributed by atoms with E-state index < -0.39 is 0 Å². The summed E-state index contributed by atoms with van der Waals surface area (Å²) in [7, 11) is 0. The minimum atomic E-state index is -0.236. The molecule has 1 aliphatic heterocycles. The summed E-state index contributed by atoms with van der Waals surface area (Å²) in [5.41, 5.74) is 0.561. The molecule has 6 heteroatoms. The zero-order valence-corrected chi connectivity index (χ0v) is 14.8. The highest BCUT2D eigenvalue weighted by atomic mass is 16.5. The Bertz CT molecular complexity index is 711. The van der Waals surface area contributed by atoms with Crippen LogP contribution >= 0.6 is 0 Å². The summed E-state index contributed by atoms with van der Waals surface area (Å²) in [5, 5.41) is 3.02. The number of amides is 1. The third-order valence-electron chi connectivity index (χ3n) is 4.27. The van der Waals surface area contributed by atoms with Crippen molar-refractivity contribution in [1.82, 2.24) is 10.3 Å². The summed E-state index contributed by atoms with van der Waals surface area (Å²) >= 11 is 0. The van der Waals surface area contributed by atoms with Crippen molar-refractivity contribution in [2.75, 3.05) is 13.2 Å². The fourth-order valence-electron chi connectivity index (χ4n) is 2.83. The van der Waals surface area contributed by atoms with Gasteiger partial charge in [0, 0.05) is 24.6 Å². The van der Waals surface area contributed by atoms with Crippen LogP contribution in [-0.2, 0) is 4.74 Å². The average Bonchev–Trinajstić information content (AvgIpc) is 3.00. The van der Waals surface area contributed by atoms with Crippen molar-refractivity contribution in [2.24, 2.45) is 0 Å². The molecule has 1 N–H and O–H groups in total. The minimum absolute atomic E-state index is 0.168. The van der Waals surface area contributed by atoms with E-state index in [0.29, 0.717) is 36.8 Å². The van der Waals surface area contributed by atoms with E-state index in [4.69, 9.17) is 13.9 Å². The molecule has 1 amide bonds. The van der Waals surface area contributed by atoms with E-state index in [1.54, 1.807) is 13.1 Å². The van der Waals surface area contributed by atoms with Gasteiger partial charge in [0.1, 0.15) is 17.6 Å². The topological polar surface area (TPSA) is 73.6 Å². The van der Waals surface area contributed by atoms with Gasteiger partial charge in [0.05, 0.1) is 24.8 Å². The number of carbonyl (C=O) groups excluding carboxylic acids is 1. The lowest BCUT2D eigenvalue weighted by molar-refractivity contribution is -0.00450. The number of aromatic nitrogens is 1. The number of furan rings is 1. The summed E-state index contributed by atoms with van der Waals surface area (Å²) in [6.07, 6.45) is 2.21. The molecule has 0 unspecified atom stereocenters. The van der Waals surface area contributed by atoms with Gasteiger partial charge in [0.25, 0.3) is 5.91 Å². The summed E-state index contributed by atoms with van der Waals surface area (Å²) in [5.74, 6) is 2.05. The van der Waals surface area contributed by atoms with Crippen molar-refractivity contribution in [3.05, 3.63) is 47.5 Å². The first-order valence-electron chi connectivity index (χ1n) is 8.61. The molecule has 0 saturated carbocycles. The largest absolute Gasteiger partial charge is 0.472 e. The van der Waals surface area contributed by atoms with Crippen molar-refractivity contribution in [3.8, 4) is 5.88 Å². The van der Waals surface area contributed by atoms with Crippen LogP contribution in [0.1, 0.15) is 48.1 Å². The molecule has 1 aliphatic rings. The van der Waals surface area contributed by atoms with E-state index in [9.17, 15) is 4.79 Å². The van der Waals surface area contributed by atoms with Gasteiger partial charge in [-0.3, -0.25) is 4.79 Å².